The summed E-state index contributed by atoms with van der Waals surface area (Å²) in [6.07, 6.45) is 5.15. The molecular weight excluding hydrogens is 402 g/mol. The summed E-state index contributed by atoms with van der Waals surface area (Å²) in [5, 5.41) is 3.45. The molecular formula is C25H33N5O2. The van der Waals surface area contributed by atoms with Crippen LogP contribution >= 0.6 is 0 Å². The first-order valence-corrected chi connectivity index (χ1v) is 11.7. The Labute approximate surface area is 190 Å². The van der Waals surface area contributed by atoms with E-state index in [1.807, 2.05) is 28.1 Å². The van der Waals surface area contributed by atoms with Gasteiger partial charge in [-0.05, 0) is 69.5 Å². The third-order valence-corrected chi connectivity index (χ3v) is 6.12. The summed E-state index contributed by atoms with van der Waals surface area (Å²) in [6.45, 7) is 8.64. The Kier molecular flexibility index (Phi) is 6.93. The molecule has 2 aliphatic rings. The molecule has 7 nitrogen and oxygen atoms in total. The molecule has 2 saturated heterocycles. The normalized spacial score (nSPS) is 16.9. The summed E-state index contributed by atoms with van der Waals surface area (Å²) in [6, 6.07) is 11.5. The molecule has 170 valence electrons. The predicted molar refractivity (Wildman–Crippen MR) is 127 cm³/mol. The van der Waals surface area contributed by atoms with E-state index >= 15 is 0 Å². The van der Waals surface area contributed by atoms with Gasteiger partial charge in [-0.1, -0.05) is 0 Å². The Morgan fingerprint density at radius 3 is 1.94 bits per heavy atom. The number of benzene rings is 1. The zero-order chi connectivity index (χ0) is 22.5. The maximum Gasteiger partial charge on any atom is 0.253 e. The number of pyridine rings is 1. The van der Waals surface area contributed by atoms with Crippen LogP contribution in [0.4, 0.5) is 11.5 Å². The molecule has 3 heterocycles. The monoisotopic (exact) mass is 435 g/mol. The molecule has 0 atom stereocenters. The van der Waals surface area contributed by atoms with Crippen LogP contribution in [0.5, 0.6) is 0 Å². The highest BCUT2D eigenvalue weighted by molar-refractivity contribution is 5.98. The van der Waals surface area contributed by atoms with Crippen LogP contribution in [0.2, 0.25) is 0 Å². The molecule has 0 spiro atoms. The number of rotatable bonds is 5. The number of hydrogen-bond acceptors (Lipinski definition) is 5. The van der Waals surface area contributed by atoms with Crippen LogP contribution in [0, 0.1) is 0 Å². The second-order valence-electron chi connectivity index (χ2n) is 8.88. The van der Waals surface area contributed by atoms with E-state index in [9.17, 15) is 9.59 Å². The molecule has 7 heteroatoms. The topological polar surface area (TPSA) is 68.8 Å². The number of likely N-dealkylation sites (tertiary alicyclic amines) is 1. The van der Waals surface area contributed by atoms with Crippen molar-refractivity contribution in [3.05, 3.63) is 53.7 Å². The summed E-state index contributed by atoms with van der Waals surface area (Å²) in [7, 11) is 0. The highest BCUT2D eigenvalue weighted by Gasteiger charge is 2.25. The number of aromatic nitrogens is 1. The van der Waals surface area contributed by atoms with Gasteiger partial charge in [0.25, 0.3) is 11.8 Å². The lowest BCUT2D eigenvalue weighted by Gasteiger charge is -2.36. The van der Waals surface area contributed by atoms with Gasteiger partial charge in [0, 0.05) is 62.6 Å². The molecule has 1 aromatic heterocycles. The Bertz CT molecular complexity index is 930. The van der Waals surface area contributed by atoms with Gasteiger partial charge in [0.1, 0.15) is 0 Å². The van der Waals surface area contributed by atoms with Crippen LogP contribution in [0.3, 0.4) is 0 Å². The summed E-state index contributed by atoms with van der Waals surface area (Å²) in [5.74, 6) is 1.02. The van der Waals surface area contributed by atoms with Gasteiger partial charge in [-0.2, -0.15) is 0 Å². The predicted octanol–water partition coefficient (Wildman–Crippen LogP) is 3.49. The van der Waals surface area contributed by atoms with Crippen molar-refractivity contribution >= 4 is 23.3 Å². The standard InChI is InChI=1S/C25H33N5O2/c1-19(2)27-22-7-6-12-26-23(22)28-15-17-30(18-16-28)25(32)21-10-8-20(9-11-21)24(31)29-13-4-3-5-14-29/h6-12,19,27H,3-5,13-18H2,1-2H3. The Balaban J connectivity index is 1.36. The second-order valence-corrected chi connectivity index (χ2v) is 8.88. The van der Waals surface area contributed by atoms with Gasteiger partial charge >= 0.3 is 0 Å². The molecule has 32 heavy (non-hydrogen) atoms. The Hall–Kier alpha value is -3.09. The maximum absolute atomic E-state index is 13.0. The molecule has 4 rings (SSSR count). The average Bonchev–Trinajstić information content (AvgIpc) is 2.84. The summed E-state index contributed by atoms with van der Waals surface area (Å²) in [5.41, 5.74) is 2.32. The number of anilines is 2. The fourth-order valence-corrected chi connectivity index (χ4v) is 4.41. The number of piperidine rings is 1. The number of carbonyl (C=O) groups excluding carboxylic acids is 2. The van der Waals surface area contributed by atoms with Gasteiger partial charge in [-0.15, -0.1) is 0 Å². The molecule has 2 amide bonds. The van der Waals surface area contributed by atoms with E-state index < -0.39 is 0 Å². The van der Waals surface area contributed by atoms with E-state index in [1.165, 1.54) is 6.42 Å². The summed E-state index contributed by atoms with van der Waals surface area (Å²) >= 11 is 0. The second kappa shape index (κ2) is 10.0. The first-order valence-electron chi connectivity index (χ1n) is 11.7. The lowest BCUT2D eigenvalue weighted by atomic mass is 10.1. The zero-order valence-electron chi connectivity index (χ0n) is 19.1. The van der Waals surface area contributed by atoms with Crippen LogP contribution in [-0.2, 0) is 0 Å². The van der Waals surface area contributed by atoms with E-state index in [2.05, 4.69) is 29.0 Å². The van der Waals surface area contributed by atoms with E-state index in [1.54, 1.807) is 24.3 Å². The molecule has 0 bridgehead atoms. The average molecular weight is 436 g/mol. The lowest BCUT2D eigenvalue weighted by molar-refractivity contribution is 0.0719. The van der Waals surface area contributed by atoms with Gasteiger partial charge < -0.3 is 20.0 Å². The highest BCUT2D eigenvalue weighted by Crippen LogP contribution is 2.25. The van der Waals surface area contributed by atoms with Crippen molar-refractivity contribution in [2.45, 2.75) is 39.2 Å². The third kappa shape index (κ3) is 5.03. The largest absolute Gasteiger partial charge is 0.380 e. The van der Waals surface area contributed by atoms with E-state index in [0.717, 1.165) is 50.5 Å². The third-order valence-electron chi connectivity index (χ3n) is 6.12. The number of carbonyl (C=O) groups is 2. The van der Waals surface area contributed by atoms with Crippen molar-refractivity contribution in [1.29, 1.82) is 0 Å². The minimum atomic E-state index is 0.0168. The van der Waals surface area contributed by atoms with Crippen molar-refractivity contribution in [2.24, 2.45) is 0 Å². The highest BCUT2D eigenvalue weighted by atomic mass is 16.2. The fraction of sp³-hybridized carbons (Fsp3) is 0.480. The van der Waals surface area contributed by atoms with Crippen molar-refractivity contribution < 1.29 is 9.59 Å². The maximum atomic E-state index is 13.0. The molecule has 0 unspecified atom stereocenters. The number of amides is 2. The fourth-order valence-electron chi connectivity index (χ4n) is 4.41. The minimum absolute atomic E-state index is 0.0168. The van der Waals surface area contributed by atoms with Gasteiger partial charge in [0.15, 0.2) is 5.82 Å². The molecule has 0 aliphatic carbocycles. The van der Waals surface area contributed by atoms with Gasteiger partial charge in [0.05, 0.1) is 5.69 Å². The number of hydrogen-bond donors (Lipinski definition) is 1. The first kappa shape index (κ1) is 22.1. The molecule has 1 aromatic carbocycles. The van der Waals surface area contributed by atoms with Crippen molar-refractivity contribution in [2.75, 3.05) is 49.5 Å². The summed E-state index contributed by atoms with van der Waals surface area (Å²) < 4.78 is 0. The molecule has 0 radical (unpaired) electrons. The summed E-state index contributed by atoms with van der Waals surface area (Å²) in [4.78, 5) is 36.3. The molecule has 2 aliphatic heterocycles. The van der Waals surface area contributed by atoms with E-state index in [0.29, 0.717) is 30.3 Å². The van der Waals surface area contributed by atoms with E-state index in [-0.39, 0.29) is 11.8 Å². The SMILES string of the molecule is CC(C)Nc1cccnc1N1CCN(C(=O)c2ccc(C(=O)N3CCCCC3)cc2)CC1. The van der Waals surface area contributed by atoms with Crippen LogP contribution in [0.1, 0.15) is 53.8 Å². The molecule has 2 aromatic rings. The quantitative estimate of drug-likeness (QED) is 0.779. The number of nitrogens with zero attached hydrogens (tertiary/aromatic N) is 4. The molecule has 2 fully saturated rings. The first-order chi connectivity index (χ1) is 15.5. The van der Waals surface area contributed by atoms with Gasteiger partial charge in [-0.25, -0.2) is 4.98 Å². The van der Waals surface area contributed by atoms with Crippen molar-refractivity contribution in [3.63, 3.8) is 0 Å². The Morgan fingerprint density at radius 2 is 1.38 bits per heavy atom. The van der Waals surface area contributed by atoms with Gasteiger partial charge in [0.2, 0.25) is 0 Å². The lowest BCUT2D eigenvalue weighted by Crippen LogP contribution is -2.49. The Morgan fingerprint density at radius 1 is 0.812 bits per heavy atom. The molecule has 0 saturated carbocycles. The number of nitrogens with one attached hydrogen (secondary N) is 1. The number of piperazine rings is 1. The zero-order valence-corrected chi connectivity index (χ0v) is 19.1. The van der Waals surface area contributed by atoms with Crippen molar-refractivity contribution in [3.8, 4) is 0 Å². The van der Waals surface area contributed by atoms with Crippen LogP contribution < -0.4 is 10.2 Å². The molecule has 1 N–H and O–H groups in total. The van der Waals surface area contributed by atoms with E-state index in [4.69, 9.17) is 0 Å². The van der Waals surface area contributed by atoms with Crippen LogP contribution in [0.25, 0.3) is 0 Å². The van der Waals surface area contributed by atoms with Crippen LogP contribution in [0.15, 0.2) is 42.6 Å². The van der Waals surface area contributed by atoms with Crippen molar-refractivity contribution in [1.82, 2.24) is 14.8 Å². The minimum Gasteiger partial charge on any atom is -0.380 e. The van der Waals surface area contributed by atoms with Crippen LogP contribution in [-0.4, -0.2) is 71.9 Å². The van der Waals surface area contributed by atoms with Gasteiger partial charge in [-0.3, -0.25) is 9.59 Å². The smallest absolute Gasteiger partial charge is 0.253 e.